The standard InChI is InChI=1S/C24H30O3/c1-3-13-10-14-11-15(25)4-5-16(14)17-6-8-23(2)22(21(13)17)18-12-19(18)24(23)9-7-20(26)27-24/h3,7,9,11,13,16-22,26H,1,4-6,8,10,12H2,2H3/t13-,16-,17?,18+,19-,20?,21?,22?,23-,24-/m0/s1. The van der Waals surface area contributed by atoms with Crippen molar-refractivity contribution in [3.63, 3.8) is 0 Å². The van der Waals surface area contributed by atoms with Crippen LogP contribution in [0.5, 0.6) is 0 Å². The third-order valence-electron chi connectivity index (χ3n) is 9.52. The number of rotatable bonds is 1. The molecule has 0 aromatic rings. The molecule has 1 spiro atoms. The highest BCUT2D eigenvalue weighted by Crippen LogP contribution is 2.78. The van der Waals surface area contributed by atoms with Crippen molar-refractivity contribution >= 4 is 5.78 Å². The number of hydrogen-bond donors (Lipinski definition) is 1. The predicted octanol–water partition coefficient (Wildman–Crippen LogP) is 4.04. The molecule has 3 heteroatoms. The van der Waals surface area contributed by atoms with Crippen molar-refractivity contribution in [3.05, 3.63) is 36.5 Å². The van der Waals surface area contributed by atoms with E-state index in [4.69, 9.17) is 4.74 Å². The van der Waals surface area contributed by atoms with Crippen molar-refractivity contribution < 1.29 is 14.6 Å². The Morgan fingerprint density at radius 2 is 2.19 bits per heavy atom. The van der Waals surface area contributed by atoms with Crippen LogP contribution in [0.15, 0.2) is 36.5 Å². The van der Waals surface area contributed by atoms with Gasteiger partial charge in [-0.25, -0.2) is 0 Å². The SMILES string of the molecule is C=C[C@H]1CC2=CC(=O)CC[C@@H]2C2CC[C@@]3(C)C(C21)[C@@H]1C[C@@H]1[C@@]31C=CC(O)O1. The van der Waals surface area contributed by atoms with E-state index in [-0.39, 0.29) is 11.0 Å². The molecule has 5 aliphatic carbocycles. The smallest absolute Gasteiger partial charge is 0.175 e. The molecule has 4 saturated carbocycles. The molecular formula is C24H30O3. The van der Waals surface area contributed by atoms with Gasteiger partial charge in [-0.05, 0) is 85.7 Å². The van der Waals surface area contributed by atoms with E-state index < -0.39 is 6.29 Å². The van der Waals surface area contributed by atoms with Gasteiger partial charge in [-0.2, -0.15) is 0 Å². The highest BCUT2D eigenvalue weighted by Gasteiger charge is 2.77. The van der Waals surface area contributed by atoms with Gasteiger partial charge in [-0.1, -0.05) is 24.6 Å². The van der Waals surface area contributed by atoms with E-state index in [0.717, 1.165) is 25.2 Å². The summed E-state index contributed by atoms with van der Waals surface area (Å²) in [5.41, 5.74) is 1.27. The third-order valence-corrected chi connectivity index (χ3v) is 9.52. The van der Waals surface area contributed by atoms with Crippen molar-refractivity contribution in [1.29, 1.82) is 0 Å². The number of ether oxygens (including phenoxy) is 1. The van der Waals surface area contributed by atoms with E-state index >= 15 is 0 Å². The van der Waals surface area contributed by atoms with Crippen LogP contribution in [0.2, 0.25) is 0 Å². The summed E-state index contributed by atoms with van der Waals surface area (Å²) in [4.78, 5) is 12.0. The molecule has 144 valence electrons. The molecule has 0 amide bonds. The number of hydrogen-bond acceptors (Lipinski definition) is 3. The number of ketones is 1. The second-order valence-corrected chi connectivity index (χ2v) is 10.3. The Labute approximate surface area is 161 Å². The number of aliphatic hydroxyl groups excluding tert-OH is 1. The fourth-order valence-electron chi connectivity index (χ4n) is 8.57. The number of carbonyl (C=O) groups excluding carboxylic acids is 1. The van der Waals surface area contributed by atoms with Crippen molar-refractivity contribution in [3.8, 4) is 0 Å². The lowest BCUT2D eigenvalue weighted by Gasteiger charge is -2.59. The molecule has 0 bridgehead atoms. The van der Waals surface area contributed by atoms with Gasteiger partial charge in [0.1, 0.15) is 0 Å². The summed E-state index contributed by atoms with van der Waals surface area (Å²) in [5, 5.41) is 10.1. The second kappa shape index (κ2) is 5.24. The van der Waals surface area contributed by atoms with Crippen molar-refractivity contribution in [2.24, 2.45) is 46.8 Å². The van der Waals surface area contributed by atoms with E-state index in [2.05, 4.69) is 25.7 Å². The Morgan fingerprint density at radius 3 is 2.93 bits per heavy atom. The van der Waals surface area contributed by atoms with Gasteiger partial charge in [0, 0.05) is 11.8 Å². The average molecular weight is 367 g/mol. The molecule has 6 aliphatic rings. The molecular weight excluding hydrogens is 336 g/mol. The first-order valence-electron chi connectivity index (χ1n) is 10.9. The Hall–Kier alpha value is -1.19. The lowest BCUT2D eigenvalue weighted by molar-refractivity contribution is -0.197. The lowest BCUT2D eigenvalue weighted by Crippen LogP contribution is -2.56. The van der Waals surface area contributed by atoms with E-state index in [1.807, 2.05) is 12.2 Å². The van der Waals surface area contributed by atoms with Crippen LogP contribution in [0.1, 0.15) is 45.4 Å². The summed E-state index contributed by atoms with van der Waals surface area (Å²) in [6, 6.07) is 0. The monoisotopic (exact) mass is 366 g/mol. The summed E-state index contributed by atoms with van der Waals surface area (Å²) in [6.45, 7) is 6.65. The van der Waals surface area contributed by atoms with Crippen LogP contribution in [0, 0.1) is 46.8 Å². The maximum Gasteiger partial charge on any atom is 0.175 e. The van der Waals surface area contributed by atoms with Crippen LogP contribution in [-0.4, -0.2) is 22.8 Å². The maximum atomic E-state index is 12.0. The molecule has 1 aliphatic heterocycles. The maximum absolute atomic E-state index is 12.0. The fraction of sp³-hybridized carbons (Fsp3) is 0.708. The van der Waals surface area contributed by atoms with Gasteiger partial charge in [0.05, 0.1) is 5.60 Å². The first kappa shape index (κ1) is 16.7. The zero-order chi connectivity index (χ0) is 18.6. The normalized spacial score (nSPS) is 57.6. The molecule has 3 nitrogen and oxygen atoms in total. The average Bonchev–Trinajstić information content (AvgIpc) is 3.29. The topological polar surface area (TPSA) is 46.5 Å². The van der Waals surface area contributed by atoms with Crippen molar-refractivity contribution in [1.82, 2.24) is 0 Å². The molecule has 1 heterocycles. The molecule has 0 saturated heterocycles. The van der Waals surface area contributed by atoms with Crippen LogP contribution < -0.4 is 0 Å². The van der Waals surface area contributed by atoms with Crippen LogP contribution in [0.4, 0.5) is 0 Å². The van der Waals surface area contributed by atoms with Gasteiger partial charge in [0.15, 0.2) is 12.1 Å². The molecule has 6 rings (SSSR count). The van der Waals surface area contributed by atoms with E-state index in [1.54, 1.807) is 0 Å². The Bertz CT molecular complexity index is 780. The van der Waals surface area contributed by atoms with Gasteiger partial charge < -0.3 is 9.84 Å². The molecule has 0 aromatic heterocycles. The summed E-state index contributed by atoms with van der Waals surface area (Å²) < 4.78 is 6.27. The van der Waals surface area contributed by atoms with Gasteiger partial charge in [0.2, 0.25) is 0 Å². The van der Waals surface area contributed by atoms with Crippen LogP contribution in [-0.2, 0) is 9.53 Å². The van der Waals surface area contributed by atoms with E-state index in [1.165, 1.54) is 24.8 Å². The highest BCUT2D eigenvalue weighted by atomic mass is 16.6. The summed E-state index contributed by atoms with van der Waals surface area (Å²) in [5.74, 6) is 4.70. The first-order chi connectivity index (χ1) is 13.0. The Balaban J connectivity index is 1.42. The van der Waals surface area contributed by atoms with Gasteiger partial charge in [-0.15, -0.1) is 6.58 Å². The minimum absolute atomic E-state index is 0.114. The summed E-state index contributed by atoms with van der Waals surface area (Å²) in [6.07, 6.45) is 13.9. The molecule has 4 fully saturated rings. The quantitative estimate of drug-likeness (QED) is 0.713. The fourth-order valence-corrected chi connectivity index (χ4v) is 8.57. The van der Waals surface area contributed by atoms with E-state index in [9.17, 15) is 9.90 Å². The largest absolute Gasteiger partial charge is 0.365 e. The van der Waals surface area contributed by atoms with Crippen LogP contribution >= 0.6 is 0 Å². The number of fused-ring (bicyclic) bond motifs is 9. The van der Waals surface area contributed by atoms with Gasteiger partial charge in [-0.3, -0.25) is 4.79 Å². The van der Waals surface area contributed by atoms with Crippen molar-refractivity contribution in [2.75, 3.05) is 0 Å². The highest BCUT2D eigenvalue weighted by molar-refractivity contribution is 5.91. The number of carbonyl (C=O) groups is 1. The Morgan fingerprint density at radius 1 is 1.33 bits per heavy atom. The number of allylic oxidation sites excluding steroid dienone is 2. The predicted molar refractivity (Wildman–Crippen MR) is 102 cm³/mol. The zero-order valence-corrected chi connectivity index (χ0v) is 16.1. The number of aliphatic hydroxyl groups is 1. The molecule has 0 aromatic carbocycles. The minimum Gasteiger partial charge on any atom is -0.365 e. The molecule has 0 radical (unpaired) electrons. The summed E-state index contributed by atoms with van der Waals surface area (Å²) in [7, 11) is 0. The van der Waals surface area contributed by atoms with E-state index in [0.29, 0.717) is 41.3 Å². The molecule has 4 unspecified atom stereocenters. The lowest BCUT2D eigenvalue weighted by atomic mass is 9.47. The Kier molecular flexibility index (Phi) is 3.25. The minimum atomic E-state index is -0.736. The van der Waals surface area contributed by atoms with Gasteiger partial charge in [0.25, 0.3) is 0 Å². The second-order valence-electron chi connectivity index (χ2n) is 10.3. The van der Waals surface area contributed by atoms with Crippen molar-refractivity contribution in [2.45, 2.75) is 57.3 Å². The summed E-state index contributed by atoms with van der Waals surface area (Å²) >= 11 is 0. The molecule has 1 N–H and O–H groups in total. The van der Waals surface area contributed by atoms with Crippen LogP contribution in [0.3, 0.4) is 0 Å². The zero-order valence-electron chi connectivity index (χ0n) is 16.1. The molecule has 10 atom stereocenters. The van der Waals surface area contributed by atoms with Gasteiger partial charge >= 0.3 is 0 Å². The third kappa shape index (κ3) is 1.93. The molecule has 27 heavy (non-hydrogen) atoms. The van der Waals surface area contributed by atoms with Crippen LogP contribution in [0.25, 0.3) is 0 Å². The first-order valence-corrected chi connectivity index (χ1v) is 10.9.